The molecular formula is C15H21FN2O2. The van der Waals surface area contributed by atoms with Crippen LogP contribution in [0.15, 0.2) is 18.2 Å². The molecule has 1 aromatic carbocycles. The summed E-state index contributed by atoms with van der Waals surface area (Å²) in [5, 5.41) is 0. The van der Waals surface area contributed by atoms with Crippen molar-refractivity contribution in [3.05, 3.63) is 29.6 Å². The zero-order valence-electron chi connectivity index (χ0n) is 11.8. The number of ether oxygens (including phenoxy) is 1. The lowest BCUT2D eigenvalue weighted by Gasteiger charge is -2.30. The second-order valence-corrected chi connectivity index (χ2v) is 5.25. The Balaban J connectivity index is 2.17. The van der Waals surface area contributed by atoms with Gasteiger partial charge in [-0.3, -0.25) is 4.79 Å². The van der Waals surface area contributed by atoms with Crippen LogP contribution >= 0.6 is 0 Å². The number of piperidine rings is 1. The number of benzene rings is 1. The number of hydrogen-bond donors (Lipinski definition) is 1. The van der Waals surface area contributed by atoms with Gasteiger partial charge in [-0.1, -0.05) is 6.92 Å². The van der Waals surface area contributed by atoms with Crippen molar-refractivity contribution < 1.29 is 13.9 Å². The zero-order valence-corrected chi connectivity index (χ0v) is 11.8. The maximum atomic E-state index is 13.4. The predicted octanol–water partition coefficient (Wildman–Crippen LogP) is 2.04. The Bertz CT molecular complexity index is 471. The molecule has 2 N–H and O–H groups in total. The SMILES string of the molecule is CC1CCN(C(=O)c2cc(F)ccc2OCCN)CC1. The van der Waals surface area contributed by atoms with Crippen LogP contribution in [-0.4, -0.2) is 37.0 Å². The molecule has 0 radical (unpaired) electrons. The Hall–Kier alpha value is -1.62. The fourth-order valence-electron chi connectivity index (χ4n) is 2.35. The van der Waals surface area contributed by atoms with Gasteiger partial charge in [0.15, 0.2) is 0 Å². The molecule has 20 heavy (non-hydrogen) atoms. The smallest absolute Gasteiger partial charge is 0.257 e. The number of rotatable bonds is 4. The largest absolute Gasteiger partial charge is 0.491 e. The summed E-state index contributed by atoms with van der Waals surface area (Å²) < 4.78 is 18.8. The maximum Gasteiger partial charge on any atom is 0.257 e. The van der Waals surface area contributed by atoms with Crippen LogP contribution in [0.4, 0.5) is 4.39 Å². The minimum absolute atomic E-state index is 0.163. The number of hydrogen-bond acceptors (Lipinski definition) is 3. The lowest BCUT2D eigenvalue weighted by Crippen LogP contribution is -2.38. The van der Waals surface area contributed by atoms with E-state index in [4.69, 9.17) is 10.5 Å². The third-order valence-electron chi connectivity index (χ3n) is 3.62. The minimum Gasteiger partial charge on any atom is -0.491 e. The van der Waals surface area contributed by atoms with Crippen LogP contribution in [0, 0.1) is 11.7 Å². The maximum absolute atomic E-state index is 13.4. The third kappa shape index (κ3) is 3.48. The summed E-state index contributed by atoms with van der Waals surface area (Å²) in [4.78, 5) is 14.3. The monoisotopic (exact) mass is 280 g/mol. The number of likely N-dealkylation sites (tertiary alicyclic amines) is 1. The van der Waals surface area contributed by atoms with E-state index in [1.54, 1.807) is 4.90 Å². The zero-order chi connectivity index (χ0) is 14.5. The van der Waals surface area contributed by atoms with Gasteiger partial charge in [-0.25, -0.2) is 4.39 Å². The Morgan fingerprint density at radius 2 is 2.15 bits per heavy atom. The molecule has 0 saturated carbocycles. The molecule has 1 fully saturated rings. The summed E-state index contributed by atoms with van der Waals surface area (Å²) in [5.41, 5.74) is 5.68. The van der Waals surface area contributed by atoms with Crippen LogP contribution in [0.2, 0.25) is 0 Å². The predicted molar refractivity (Wildman–Crippen MR) is 75.3 cm³/mol. The molecule has 1 amide bonds. The Morgan fingerprint density at radius 1 is 1.45 bits per heavy atom. The van der Waals surface area contributed by atoms with Crippen molar-refractivity contribution in [2.24, 2.45) is 11.7 Å². The molecular weight excluding hydrogens is 259 g/mol. The third-order valence-corrected chi connectivity index (χ3v) is 3.62. The van der Waals surface area contributed by atoms with E-state index in [0.29, 0.717) is 37.9 Å². The summed E-state index contributed by atoms with van der Waals surface area (Å²) >= 11 is 0. The van der Waals surface area contributed by atoms with Crippen LogP contribution < -0.4 is 10.5 Å². The Morgan fingerprint density at radius 3 is 2.80 bits per heavy atom. The van der Waals surface area contributed by atoms with E-state index in [2.05, 4.69) is 6.92 Å². The van der Waals surface area contributed by atoms with Crippen LogP contribution in [0.25, 0.3) is 0 Å². The lowest BCUT2D eigenvalue weighted by atomic mass is 9.98. The lowest BCUT2D eigenvalue weighted by molar-refractivity contribution is 0.0692. The molecule has 1 aromatic rings. The topological polar surface area (TPSA) is 55.6 Å². The molecule has 5 heteroatoms. The standard InChI is InChI=1S/C15H21FN2O2/c1-11-4-7-18(8-5-11)15(19)13-10-12(16)2-3-14(13)20-9-6-17/h2-3,10-11H,4-9,17H2,1H3. The quantitative estimate of drug-likeness (QED) is 0.918. The van der Waals surface area contributed by atoms with Crippen LogP contribution in [0.1, 0.15) is 30.1 Å². The van der Waals surface area contributed by atoms with Gasteiger partial charge >= 0.3 is 0 Å². The normalized spacial score (nSPS) is 16.2. The minimum atomic E-state index is -0.432. The molecule has 0 aromatic heterocycles. The van der Waals surface area contributed by atoms with E-state index in [9.17, 15) is 9.18 Å². The first-order chi connectivity index (χ1) is 9.61. The van der Waals surface area contributed by atoms with Crippen LogP contribution in [-0.2, 0) is 0 Å². The van der Waals surface area contributed by atoms with E-state index < -0.39 is 5.82 Å². The van der Waals surface area contributed by atoms with Gasteiger partial charge in [0.2, 0.25) is 0 Å². The number of nitrogens with two attached hydrogens (primary N) is 1. The molecule has 4 nitrogen and oxygen atoms in total. The summed E-state index contributed by atoms with van der Waals surface area (Å²) in [6, 6.07) is 4.03. The van der Waals surface area contributed by atoms with E-state index in [-0.39, 0.29) is 11.5 Å². The highest BCUT2D eigenvalue weighted by atomic mass is 19.1. The summed E-state index contributed by atoms with van der Waals surface area (Å²) in [5.74, 6) is 0.447. The van der Waals surface area contributed by atoms with Crippen molar-refractivity contribution in [1.29, 1.82) is 0 Å². The number of carbonyl (C=O) groups excluding carboxylic acids is 1. The molecule has 0 spiro atoms. The van der Waals surface area contributed by atoms with Gasteiger partial charge in [0.25, 0.3) is 5.91 Å². The molecule has 0 bridgehead atoms. The second kappa shape index (κ2) is 6.70. The van der Waals surface area contributed by atoms with Crippen molar-refractivity contribution in [2.45, 2.75) is 19.8 Å². The molecule has 1 heterocycles. The highest BCUT2D eigenvalue weighted by molar-refractivity contribution is 5.97. The summed E-state index contributed by atoms with van der Waals surface area (Å²) in [6.45, 7) is 4.27. The van der Waals surface area contributed by atoms with E-state index >= 15 is 0 Å². The van der Waals surface area contributed by atoms with Crippen LogP contribution in [0.3, 0.4) is 0 Å². The highest BCUT2D eigenvalue weighted by Crippen LogP contribution is 2.24. The first-order valence-corrected chi connectivity index (χ1v) is 7.03. The molecule has 0 unspecified atom stereocenters. The molecule has 1 aliphatic heterocycles. The number of halogens is 1. The fraction of sp³-hybridized carbons (Fsp3) is 0.533. The van der Waals surface area contributed by atoms with Crippen molar-refractivity contribution in [3.8, 4) is 5.75 Å². The van der Waals surface area contributed by atoms with Gasteiger partial charge in [-0.15, -0.1) is 0 Å². The van der Waals surface area contributed by atoms with Gasteiger partial charge in [0, 0.05) is 19.6 Å². The second-order valence-electron chi connectivity index (χ2n) is 5.25. The molecule has 1 saturated heterocycles. The molecule has 110 valence electrons. The van der Waals surface area contributed by atoms with E-state index in [1.165, 1.54) is 18.2 Å². The molecule has 0 aliphatic carbocycles. The first kappa shape index (κ1) is 14.8. The van der Waals surface area contributed by atoms with Crippen molar-refractivity contribution >= 4 is 5.91 Å². The van der Waals surface area contributed by atoms with Gasteiger partial charge in [0.1, 0.15) is 18.2 Å². The first-order valence-electron chi connectivity index (χ1n) is 7.03. The fourth-order valence-corrected chi connectivity index (χ4v) is 2.35. The molecule has 2 rings (SSSR count). The van der Waals surface area contributed by atoms with Gasteiger partial charge in [0.05, 0.1) is 5.56 Å². The summed E-state index contributed by atoms with van der Waals surface area (Å²) in [6.07, 6.45) is 1.97. The van der Waals surface area contributed by atoms with Crippen molar-refractivity contribution in [3.63, 3.8) is 0 Å². The van der Waals surface area contributed by atoms with Crippen molar-refractivity contribution in [1.82, 2.24) is 4.90 Å². The van der Waals surface area contributed by atoms with Gasteiger partial charge < -0.3 is 15.4 Å². The Kier molecular flexibility index (Phi) is 4.95. The molecule has 0 atom stereocenters. The average molecular weight is 280 g/mol. The average Bonchev–Trinajstić information content (AvgIpc) is 2.46. The van der Waals surface area contributed by atoms with E-state index in [0.717, 1.165) is 12.8 Å². The Labute approximate surface area is 118 Å². The summed E-state index contributed by atoms with van der Waals surface area (Å²) in [7, 11) is 0. The van der Waals surface area contributed by atoms with E-state index in [1.807, 2.05) is 0 Å². The van der Waals surface area contributed by atoms with Crippen LogP contribution in [0.5, 0.6) is 5.75 Å². The van der Waals surface area contributed by atoms with Gasteiger partial charge in [-0.05, 0) is 37.0 Å². The highest BCUT2D eigenvalue weighted by Gasteiger charge is 2.24. The van der Waals surface area contributed by atoms with Crippen molar-refractivity contribution in [2.75, 3.05) is 26.2 Å². The number of nitrogens with zero attached hydrogens (tertiary/aromatic N) is 1. The number of amides is 1. The number of carbonyl (C=O) groups is 1. The van der Waals surface area contributed by atoms with Gasteiger partial charge in [-0.2, -0.15) is 0 Å². The molecule has 1 aliphatic rings.